The summed E-state index contributed by atoms with van der Waals surface area (Å²) >= 11 is 12.2. The van der Waals surface area contributed by atoms with Crippen molar-refractivity contribution in [1.29, 1.82) is 0 Å². The monoisotopic (exact) mass is 389 g/mol. The van der Waals surface area contributed by atoms with Crippen LogP contribution < -0.4 is 10.1 Å². The van der Waals surface area contributed by atoms with Crippen molar-refractivity contribution in [3.05, 3.63) is 57.6 Å². The minimum absolute atomic E-state index is 0.0259. The summed E-state index contributed by atoms with van der Waals surface area (Å²) < 4.78 is 11.3. The van der Waals surface area contributed by atoms with E-state index in [0.29, 0.717) is 46.9 Å². The van der Waals surface area contributed by atoms with Gasteiger partial charge in [0.15, 0.2) is 0 Å². The second kappa shape index (κ2) is 6.62. The van der Waals surface area contributed by atoms with Gasteiger partial charge in [0.2, 0.25) is 0 Å². The number of halogens is 2. The van der Waals surface area contributed by atoms with Crippen LogP contribution in [0.3, 0.4) is 0 Å². The van der Waals surface area contributed by atoms with E-state index in [2.05, 4.69) is 12.2 Å². The predicted molar refractivity (Wildman–Crippen MR) is 104 cm³/mol. The highest BCUT2D eigenvalue weighted by Gasteiger charge is 2.34. The Morgan fingerprint density at radius 3 is 2.65 bits per heavy atom. The Labute approximate surface area is 161 Å². The van der Waals surface area contributed by atoms with E-state index < -0.39 is 0 Å². The number of fused-ring (bicyclic) bond motifs is 1. The average Bonchev–Trinajstić information content (AvgIpc) is 2.87. The summed E-state index contributed by atoms with van der Waals surface area (Å²) in [7, 11) is 0. The zero-order chi connectivity index (χ0) is 18.3. The molecule has 2 heterocycles. The first kappa shape index (κ1) is 17.4. The van der Waals surface area contributed by atoms with Gasteiger partial charge >= 0.3 is 0 Å². The van der Waals surface area contributed by atoms with Crippen LogP contribution in [0.5, 0.6) is 5.75 Å². The van der Waals surface area contributed by atoms with E-state index in [1.165, 1.54) is 0 Å². The molecule has 0 aromatic heterocycles. The van der Waals surface area contributed by atoms with Crippen LogP contribution in [0.4, 0.5) is 5.69 Å². The van der Waals surface area contributed by atoms with Gasteiger partial charge in [0.05, 0.1) is 25.5 Å². The highest BCUT2D eigenvalue weighted by atomic mass is 35.5. The van der Waals surface area contributed by atoms with Gasteiger partial charge in [0.1, 0.15) is 5.75 Å². The molecule has 4 rings (SSSR count). The normalized spacial score (nSPS) is 19.0. The van der Waals surface area contributed by atoms with Crippen LogP contribution in [-0.4, -0.2) is 25.7 Å². The number of amides is 1. The summed E-state index contributed by atoms with van der Waals surface area (Å²) in [6.07, 6.45) is 1.80. The highest BCUT2D eigenvalue weighted by molar-refractivity contribution is 6.37. The van der Waals surface area contributed by atoms with Gasteiger partial charge in [-0.25, -0.2) is 0 Å². The summed E-state index contributed by atoms with van der Waals surface area (Å²) in [6, 6.07) is 10.7. The lowest BCUT2D eigenvalue weighted by Gasteiger charge is -2.37. The lowest BCUT2D eigenvalue weighted by molar-refractivity contribution is -0.120. The Hall–Kier alpha value is -2.01. The topological polar surface area (TPSA) is 47.6 Å². The summed E-state index contributed by atoms with van der Waals surface area (Å²) in [5, 5.41) is 3.99. The molecule has 2 aromatic rings. The van der Waals surface area contributed by atoms with Gasteiger partial charge in [-0.1, -0.05) is 36.2 Å². The van der Waals surface area contributed by atoms with Gasteiger partial charge in [-0.3, -0.25) is 4.79 Å². The number of benzene rings is 2. The lowest BCUT2D eigenvalue weighted by Crippen LogP contribution is -2.44. The third-order valence-corrected chi connectivity index (χ3v) is 4.98. The van der Waals surface area contributed by atoms with Crippen molar-refractivity contribution in [2.45, 2.75) is 6.92 Å². The molecule has 1 saturated heterocycles. The van der Waals surface area contributed by atoms with Crippen molar-refractivity contribution >= 4 is 46.4 Å². The number of nitrogens with one attached hydrogen (secondary N) is 1. The molecule has 2 aromatic carbocycles. The van der Waals surface area contributed by atoms with Crippen LogP contribution in [0.25, 0.3) is 11.6 Å². The van der Waals surface area contributed by atoms with Gasteiger partial charge in [0.25, 0.3) is 5.91 Å². The molecule has 26 heavy (non-hydrogen) atoms. The van der Waals surface area contributed by atoms with Crippen molar-refractivity contribution in [3.63, 3.8) is 0 Å². The number of hydrogen-bond acceptors (Lipinski definition) is 3. The molecular weight excluding hydrogens is 373 g/mol. The van der Waals surface area contributed by atoms with Gasteiger partial charge < -0.3 is 14.8 Å². The average molecular weight is 390 g/mol. The number of carbonyl (C=O) groups is 1. The Balaban J connectivity index is 1.68. The largest absolute Gasteiger partial charge is 0.492 e. The van der Waals surface area contributed by atoms with E-state index in [1.54, 1.807) is 30.3 Å². The molecule has 4 nitrogen and oxygen atoms in total. The number of anilines is 1. The van der Waals surface area contributed by atoms with Crippen LogP contribution in [0.15, 0.2) is 36.4 Å². The SMILES string of the molecule is CC1(COc2ccc(Cl)cc2C=C2C(=O)Nc3cc(Cl)ccc32)COC1. The van der Waals surface area contributed by atoms with E-state index in [0.717, 1.165) is 11.1 Å². The van der Waals surface area contributed by atoms with Crippen LogP contribution in [0, 0.1) is 5.41 Å². The highest BCUT2D eigenvalue weighted by Crippen LogP contribution is 2.37. The summed E-state index contributed by atoms with van der Waals surface area (Å²) in [4.78, 5) is 12.4. The third-order valence-electron chi connectivity index (χ3n) is 4.51. The summed E-state index contributed by atoms with van der Waals surface area (Å²) in [5.41, 5.74) is 2.86. The standard InChI is InChI=1S/C20H17Cl2NO3/c1-20(9-25-10-20)11-26-18-5-3-13(21)6-12(18)7-16-15-4-2-14(22)8-17(15)23-19(16)24/h2-8H,9-11H2,1H3,(H,23,24). The van der Waals surface area contributed by atoms with E-state index in [9.17, 15) is 4.79 Å². The van der Waals surface area contributed by atoms with Crippen LogP contribution >= 0.6 is 23.2 Å². The molecule has 0 atom stereocenters. The van der Waals surface area contributed by atoms with Gasteiger partial charge in [-0.05, 0) is 36.4 Å². The fraction of sp³-hybridized carbons (Fsp3) is 0.250. The molecule has 0 unspecified atom stereocenters. The molecule has 134 valence electrons. The number of rotatable bonds is 4. The first-order valence-corrected chi connectivity index (χ1v) is 9.02. The lowest BCUT2D eigenvalue weighted by atomic mass is 9.90. The smallest absolute Gasteiger partial charge is 0.256 e. The fourth-order valence-corrected chi connectivity index (χ4v) is 3.37. The first-order chi connectivity index (χ1) is 12.4. The Kier molecular flexibility index (Phi) is 4.43. The van der Waals surface area contributed by atoms with Crippen molar-refractivity contribution in [1.82, 2.24) is 0 Å². The first-order valence-electron chi connectivity index (χ1n) is 8.27. The zero-order valence-corrected chi connectivity index (χ0v) is 15.7. The summed E-state index contributed by atoms with van der Waals surface area (Å²) in [5.74, 6) is 0.512. The predicted octanol–water partition coefficient (Wildman–Crippen LogP) is 4.90. The maximum absolute atomic E-state index is 12.4. The molecule has 6 heteroatoms. The number of carbonyl (C=O) groups excluding carboxylic acids is 1. The van der Waals surface area contributed by atoms with Gasteiger partial charge in [0, 0.05) is 32.2 Å². The molecule has 0 saturated carbocycles. The van der Waals surface area contributed by atoms with Crippen molar-refractivity contribution < 1.29 is 14.3 Å². The molecule has 1 N–H and O–H groups in total. The van der Waals surface area contributed by atoms with Crippen molar-refractivity contribution in [2.75, 3.05) is 25.1 Å². The van der Waals surface area contributed by atoms with E-state index in [-0.39, 0.29) is 11.3 Å². The zero-order valence-electron chi connectivity index (χ0n) is 14.1. The maximum atomic E-state index is 12.4. The Morgan fingerprint density at radius 1 is 1.19 bits per heavy atom. The van der Waals surface area contributed by atoms with Crippen molar-refractivity contribution in [3.8, 4) is 5.75 Å². The van der Waals surface area contributed by atoms with Crippen LogP contribution in [-0.2, 0) is 9.53 Å². The van der Waals surface area contributed by atoms with Crippen LogP contribution in [0.1, 0.15) is 18.1 Å². The molecule has 1 amide bonds. The minimum Gasteiger partial charge on any atom is -0.492 e. The molecule has 1 fully saturated rings. The Bertz CT molecular complexity index is 919. The van der Waals surface area contributed by atoms with Crippen LogP contribution in [0.2, 0.25) is 10.0 Å². The van der Waals surface area contributed by atoms with E-state index in [1.807, 2.05) is 12.1 Å². The molecule has 2 aliphatic rings. The second-order valence-corrected chi connectivity index (χ2v) is 7.85. The molecule has 2 aliphatic heterocycles. The third kappa shape index (κ3) is 3.32. The van der Waals surface area contributed by atoms with E-state index >= 15 is 0 Å². The summed E-state index contributed by atoms with van der Waals surface area (Å²) in [6.45, 7) is 4.04. The quantitative estimate of drug-likeness (QED) is 0.756. The van der Waals surface area contributed by atoms with Gasteiger partial charge in [-0.15, -0.1) is 0 Å². The van der Waals surface area contributed by atoms with Gasteiger partial charge in [-0.2, -0.15) is 0 Å². The molecule has 0 bridgehead atoms. The number of ether oxygens (including phenoxy) is 2. The molecule has 0 radical (unpaired) electrons. The minimum atomic E-state index is -0.174. The maximum Gasteiger partial charge on any atom is 0.256 e. The number of hydrogen-bond donors (Lipinski definition) is 1. The fourth-order valence-electron chi connectivity index (χ4n) is 3.01. The molecule has 0 aliphatic carbocycles. The van der Waals surface area contributed by atoms with E-state index in [4.69, 9.17) is 32.7 Å². The molecule has 0 spiro atoms. The second-order valence-electron chi connectivity index (χ2n) is 6.98. The Morgan fingerprint density at radius 2 is 1.92 bits per heavy atom. The molecular formula is C20H17Cl2NO3. The van der Waals surface area contributed by atoms with Crippen molar-refractivity contribution in [2.24, 2.45) is 5.41 Å².